The number of halogens is 2. The first-order valence-electron chi connectivity index (χ1n) is 10.6. The Hall–Kier alpha value is -3.99. The van der Waals surface area contributed by atoms with Gasteiger partial charge >= 0.3 is 6.01 Å². The second-order valence-corrected chi connectivity index (χ2v) is 8.48. The van der Waals surface area contributed by atoms with Crippen LogP contribution in [0.25, 0.3) is 11.0 Å². The molecule has 184 valence electrons. The van der Waals surface area contributed by atoms with Crippen LogP contribution in [0.2, 0.25) is 10.0 Å². The first-order chi connectivity index (χ1) is 17.3. The van der Waals surface area contributed by atoms with E-state index in [1.165, 1.54) is 37.6 Å². The number of nitrogens with two attached hydrogens (primary N) is 1. The maximum Gasteiger partial charge on any atom is 0.318 e. The quantitative estimate of drug-likeness (QED) is 0.288. The van der Waals surface area contributed by atoms with Crippen molar-refractivity contribution in [3.05, 3.63) is 91.8 Å². The van der Waals surface area contributed by atoms with Crippen molar-refractivity contribution in [2.45, 2.75) is 6.04 Å². The highest BCUT2D eigenvalue weighted by atomic mass is 35.5. The van der Waals surface area contributed by atoms with Crippen LogP contribution in [-0.4, -0.2) is 40.4 Å². The molecule has 2 amide bonds. The number of carbonyl (C=O) groups excluding carboxylic acids is 2. The Morgan fingerprint density at radius 2 is 1.94 bits per heavy atom. The molecule has 1 unspecified atom stereocenters. The summed E-state index contributed by atoms with van der Waals surface area (Å²) in [7, 11) is 1.40. The van der Waals surface area contributed by atoms with E-state index in [0.717, 1.165) is 5.56 Å². The Balaban J connectivity index is 1.56. The summed E-state index contributed by atoms with van der Waals surface area (Å²) in [6.07, 6.45) is 1.42. The minimum atomic E-state index is -0.729. The highest BCUT2D eigenvalue weighted by Gasteiger charge is 2.18. The van der Waals surface area contributed by atoms with Gasteiger partial charge in [0, 0.05) is 28.7 Å². The average Bonchev–Trinajstić information content (AvgIpc) is 2.87. The number of hydrogen-bond donors (Lipinski definition) is 4. The topological polar surface area (TPSA) is 152 Å². The van der Waals surface area contributed by atoms with E-state index in [0.29, 0.717) is 10.4 Å². The van der Waals surface area contributed by atoms with Crippen LogP contribution in [0, 0.1) is 0 Å². The number of pyridine rings is 1. The molecule has 2 aromatic heterocycles. The molecular weight excluding hydrogens is 507 g/mol. The smallest absolute Gasteiger partial charge is 0.318 e. The van der Waals surface area contributed by atoms with Gasteiger partial charge in [0.2, 0.25) is 0 Å². The van der Waals surface area contributed by atoms with Gasteiger partial charge in [-0.3, -0.25) is 14.4 Å². The number of aromatic amines is 1. The lowest BCUT2D eigenvalue weighted by Gasteiger charge is -2.18. The van der Waals surface area contributed by atoms with Gasteiger partial charge in [0.25, 0.3) is 17.4 Å². The van der Waals surface area contributed by atoms with E-state index >= 15 is 0 Å². The van der Waals surface area contributed by atoms with Crippen molar-refractivity contribution in [3.8, 4) is 6.01 Å². The molecule has 2 aromatic carbocycles. The lowest BCUT2D eigenvalue weighted by Crippen LogP contribution is -2.33. The van der Waals surface area contributed by atoms with Gasteiger partial charge in [0.15, 0.2) is 0 Å². The maximum absolute atomic E-state index is 12.9. The predicted octanol–water partition coefficient (Wildman–Crippen LogP) is 3.32. The lowest BCUT2D eigenvalue weighted by atomic mass is 10.1. The number of rotatable bonds is 7. The van der Waals surface area contributed by atoms with Gasteiger partial charge in [-0.15, -0.1) is 0 Å². The number of hydrogen-bond acceptors (Lipinski definition) is 7. The summed E-state index contributed by atoms with van der Waals surface area (Å²) in [5.74, 6) is -1.17. The van der Waals surface area contributed by atoms with E-state index in [-0.39, 0.29) is 40.0 Å². The molecule has 0 aliphatic rings. The molecule has 0 fully saturated rings. The molecule has 2 heterocycles. The summed E-state index contributed by atoms with van der Waals surface area (Å²) in [5.41, 5.74) is 6.33. The van der Waals surface area contributed by atoms with Gasteiger partial charge in [-0.05, 0) is 42.0 Å². The molecule has 0 bridgehead atoms. The van der Waals surface area contributed by atoms with E-state index in [9.17, 15) is 14.4 Å². The number of amides is 2. The number of aromatic nitrogens is 3. The number of fused-ring (bicyclic) bond motifs is 1. The molecular formula is C24H20Cl2N6O4. The molecule has 10 nitrogen and oxygen atoms in total. The third-order valence-electron chi connectivity index (χ3n) is 5.27. The fourth-order valence-corrected chi connectivity index (χ4v) is 3.80. The Morgan fingerprint density at radius 1 is 1.14 bits per heavy atom. The Labute approximate surface area is 214 Å². The number of ether oxygens (including phenoxy) is 1. The van der Waals surface area contributed by atoms with Crippen molar-refractivity contribution in [1.29, 1.82) is 0 Å². The average molecular weight is 527 g/mol. The summed E-state index contributed by atoms with van der Waals surface area (Å²) in [6.45, 7) is 0.142. The molecule has 0 saturated heterocycles. The molecule has 4 aromatic rings. The molecule has 5 N–H and O–H groups in total. The van der Waals surface area contributed by atoms with Crippen LogP contribution in [0.15, 0.2) is 59.5 Å². The van der Waals surface area contributed by atoms with Crippen molar-refractivity contribution < 1.29 is 14.3 Å². The van der Waals surface area contributed by atoms with Crippen molar-refractivity contribution in [1.82, 2.24) is 20.3 Å². The number of carbonyl (C=O) groups is 2. The fraction of sp³-hybridized carbons (Fsp3) is 0.125. The van der Waals surface area contributed by atoms with Gasteiger partial charge in [-0.2, -0.15) is 4.98 Å². The maximum atomic E-state index is 12.9. The second-order valence-electron chi connectivity index (χ2n) is 7.64. The first-order valence-corrected chi connectivity index (χ1v) is 11.4. The molecule has 0 radical (unpaired) electrons. The zero-order valence-electron chi connectivity index (χ0n) is 18.8. The van der Waals surface area contributed by atoms with Crippen LogP contribution < -0.4 is 26.7 Å². The standard InChI is InChI=1S/C24H20Cl2N6O4/c1-36-24-28-11-14-8-16(23(35)31-20(14)32-24)22(34)29-18-9-13(5-6-17(18)26)21(33)30-19(10-27)12-3-2-4-15(25)7-12/h2-9,11,19H,10,27H2,1H3,(H,29,34)(H,30,33)(H,28,31,32,35). The summed E-state index contributed by atoms with van der Waals surface area (Å²) in [6, 6.07) is 12.3. The minimum absolute atomic E-state index is 0.0736. The minimum Gasteiger partial charge on any atom is -0.467 e. The van der Waals surface area contributed by atoms with Gasteiger partial charge in [0.1, 0.15) is 11.2 Å². The van der Waals surface area contributed by atoms with Crippen molar-refractivity contribution in [3.63, 3.8) is 0 Å². The number of nitrogens with zero attached hydrogens (tertiary/aromatic N) is 2. The number of anilines is 1. The molecule has 12 heteroatoms. The van der Waals surface area contributed by atoms with Crippen LogP contribution in [0.4, 0.5) is 5.69 Å². The van der Waals surface area contributed by atoms with Gasteiger partial charge < -0.3 is 26.1 Å². The van der Waals surface area contributed by atoms with Crippen LogP contribution in [0.3, 0.4) is 0 Å². The molecule has 0 aliphatic carbocycles. The van der Waals surface area contributed by atoms with Crippen molar-refractivity contribution in [2.24, 2.45) is 5.73 Å². The van der Waals surface area contributed by atoms with Gasteiger partial charge in [-0.1, -0.05) is 35.3 Å². The third-order valence-corrected chi connectivity index (χ3v) is 5.83. The van der Waals surface area contributed by atoms with Crippen LogP contribution in [0.1, 0.15) is 32.3 Å². The number of H-pyrrole nitrogens is 1. The monoisotopic (exact) mass is 526 g/mol. The summed E-state index contributed by atoms with van der Waals surface area (Å²) < 4.78 is 4.94. The molecule has 36 heavy (non-hydrogen) atoms. The van der Waals surface area contributed by atoms with E-state index in [1.807, 2.05) is 0 Å². The van der Waals surface area contributed by atoms with Gasteiger partial charge in [-0.25, -0.2) is 4.98 Å². The molecule has 1 atom stereocenters. The number of benzene rings is 2. The number of methoxy groups -OCH3 is 1. The van der Waals surface area contributed by atoms with Crippen molar-refractivity contribution in [2.75, 3.05) is 19.0 Å². The Kier molecular flexibility index (Phi) is 7.49. The number of nitrogens with one attached hydrogen (secondary N) is 3. The highest BCUT2D eigenvalue weighted by molar-refractivity contribution is 6.34. The molecule has 0 saturated carbocycles. The van der Waals surface area contributed by atoms with Crippen LogP contribution >= 0.6 is 23.2 Å². The third kappa shape index (κ3) is 5.46. The van der Waals surface area contributed by atoms with Crippen molar-refractivity contribution >= 4 is 51.7 Å². The lowest BCUT2D eigenvalue weighted by molar-refractivity contribution is 0.0936. The van der Waals surface area contributed by atoms with E-state index < -0.39 is 23.4 Å². The molecule has 4 rings (SSSR count). The normalized spacial score (nSPS) is 11.7. The summed E-state index contributed by atoms with van der Waals surface area (Å²) in [4.78, 5) is 48.8. The van der Waals surface area contributed by atoms with Crippen LogP contribution in [0.5, 0.6) is 6.01 Å². The van der Waals surface area contributed by atoms with Gasteiger partial charge in [0.05, 0.1) is 23.9 Å². The summed E-state index contributed by atoms with van der Waals surface area (Å²) >= 11 is 12.3. The second kappa shape index (κ2) is 10.7. The van der Waals surface area contributed by atoms with Crippen LogP contribution in [-0.2, 0) is 0 Å². The van der Waals surface area contributed by atoms with E-state index in [2.05, 4.69) is 25.6 Å². The Bertz CT molecular complexity index is 1520. The SMILES string of the molecule is COc1ncc2cc(C(=O)Nc3cc(C(=O)NC(CN)c4cccc(Cl)c4)ccc3Cl)c(=O)[nH]c2n1. The summed E-state index contributed by atoms with van der Waals surface area (Å²) in [5, 5.41) is 6.54. The fourth-order valence-electron chi connectivity index (χ4n) is 3.44. The first kappa shape index (κ1) is 25.1. The highest BCUT2D eigenvalue weighted by Crippen LogP contribution is 2.25. The largest absolute Gasteiger partial charge is 0.467 e. The molecule has 0 spiro atoms. The van der Waals surface area contributed by atoms with E-state index in [4.69, 9.17) is 33.7 Å². The van der Waals surface area contributed by atoms with E-state index in [1.54, 1.807) is 24.3 Å². The zero-order valence-corrected chi connectivity index (χ0v) is 20.4. The predicted molar refractivity (Wildman–Crippen MR) is 137 cm³/mol. The Morgan fingerprint density at radius 3 is 2.67 bits per heavy atom. The zero-order chi connectivity index (χ0) is 25.8. The molecule has 0 aliphatic heterocycles.